The summed E-state index contributed by atoms with van der Waals surface area (Å²) >= 11 is 0. The van der Waals surface area contributed by atoms with E-state index in [0.717, 1.165) is 17.9 Å². The second kappa shape index (κ2) is 10.4. The molecule has 11 heteroatoms. The van der Waals surface area contributed by atoms with E-state index in [0.29, 0.717) is 41.0 Å². The highest BCUT2D eigenvalue weighted by atomic mass is 16.5. The number of ether oxygens (including phenoxy) is 2. The highest BCUT2D eigenvalue weighted by Gasteiger charge is 2.32. The smallest absolute Gasteiger partial charge is 0.229 e. The lowest BCUT2D eigenvalue weighted by molar-refractivity contribution is 0.0649. The molecule has 2 aliphatic rings. The number of piperidine rings is 2. The van der Waals surface area contributed by atoms with Crippen LogP contribution in [0.5, 0.6) is 11.5 Å². The van der Waals surface area contributed by atoms with Crippen LogP contribution in [0.2, 0.25) is 0 Å². The van der Waals surface area contributed by atoms with Crippen LogP contribution >= 0.6 is 0 Å². The van der Waals surface area contributed by atoms with Crippen molar-refractivity contribution in [1.29, 1.82) is 0 Å². The van der Waals surface area contributed by atoms with E-state index in [1.165, 1.54) is 45.2 Å². The van der Waals surface area contributed by atoms with Gasteiger partial charge in [0.25, 0.3) is 0 Å². The molecule has 0 radical (unpaired) electrons. The van der Waals surface area contributed by atoms with Crippen LogP contribution in [-0.4, -0.2) is 75.0 Å². The lowest BCUT2D eigenvalue weighted by atomic mass is 9.83. The Hall–Kier alpha value is -3.47. The van der Waals surface area contributed by atoms with Crippen molar-refractivity contribution in [2.75, 3.05) is 44.5 Å². The molecule has 186 valence electrons. The third-order valence-corrected chi connectivity index (χ3v) is 6.99. The van der Waals surface area contributed by atoms with Crippen molar-refractivity contribution in [2.24, 2.45) is 5.92 Å². The summed E-state index contributed by atoms with van der Waals surface area (Å²) < 4.78 is 12.7. The molecule has 2 N–H and O–H groups in total. The maximum absolute atomic E-state index is 5.54. The summed E-state index contributed by atoms with van der Waals surface area (Å²) in [5, 5.41) is 18.6. The van der Waals surface area contributed by atoms with Gasteiger partial charge in [-0.3, -0.25) is 0 Å². The molecule has 4 heterocycles. The van der Waals surface area contributed by atoms with Gasteiger partial charge >= 0.3 is 0 Å². The summed E-state index contributed by atoms with van der Waals surface area (Å²) in [6, 6.07) is 6.34. The topological polar surface area (TPSA) is 115 Å². The molecule has 0 amide bonds. The average Bonchev–Trinajstić information content (AvgIpc) is 3.33. The Bertz CT molecular complexity index is 1150. The van der Waals surface area contributed by atoms with Crippen LogP contribution in [0.3, 0.4) is 0 Å². The van der Waals surface area contributed by atoms with Crippen LogP contribution in [0.15, 0.2) is 24.4 Å². The normalized spacial score (nSPS) is 20.2. The molecule has 2 aromatic heterocycles. The van der Waals surface area contributed by atoms with Gasteiger partial charge in [0.05, 0.1) is 26.1 Å². The Kier molecular flexibility index (Phi) is 6.94. The first-order chi connectivity index (χ1) is 17.1. The van der Waals surface area contributed by atoms with Gasteiger partial charge < -0.3 is 25.0 Å². The maximum Gasteiger partial charge on any atom is 0.229 e. The molecule has 2 fully saturated rings. The zero-order chi connectivity index (χ0) is 24.2. The van der Waals surface area contributed by atoms with E-state index in [2.05, 4.69) is 36.0 Å². The zero-order valence-corrected chi connectivity index (χ0v) is 20.6. The molecule has 0 bridgehead atoms. The highest BCUT2D eigenvalue weighted by molar-refractivity contribution is 5.63. The molecule has 1 aromatic carbocycles. The van der Waals surface area contributed by atoms with Crippen molar-refractivity contribution in [2.45, 2.75) is 45.1 Å². The van der Waals surface area contributed by atoms with Crippen LogP contribution in [0, 0.1) is 12.8 Å². The third kappa shape index (κ3) is 5.14. The molecule has 2 atom stereocenters. The van der Waals surface area contributed by atoms with E-state index in [4.69, 9.17) is 14.5 Å². The van der Waals surface area contributed by atoms with Crippen molar-refractivity contribution in [3.8, 4) is 17.2 Å². The van der Waals surface area contributed by atoms with E-state index in [-0.39, 0.29) is 0 Å². The largest absolute Gasteiger partial charge is 0.497 e. The van der Waals surface area contributed by atoms with E-state index < -0.39 is 0 Å². The van der Waals surface area contributed by atoms with Gasteiger partial charge in [-0.2, -0.15) is 9.67 Å². The quantitative estimate of drug-likeness (QED) is 0.499. The Morgan fingerprint density at radius 3 is 2.74 bits per heavy atom. The average molecular weight is 480 g/mol. The number of hydrogen-bond donors (Lipinski definition) is 2. The maximum atomic E-state index is 5.54. The van der Waals surface area contributed by atoms with Crippen LogP contribution in [0.1, 0.15) is 37.9 Å². The third-order valence-electron chi connectivity index (χ3n) is 6.99. The highest BCUT2D eigenvalue weighted by Crippen LogP contribution is 2.32. The summed E-state index contributed by atoms with van der Waals surface area (Å²) in [6.07, 6.45) is 8.14. The molecular formula is C24H33N9O2. The summed E-state index contributed by atoms with van der Waals surface area (Å²) in [6.45, 7) is 5.18. The standard InChI is InChI=1S/C24H33N9O2/c1-16-29-30-31-33(16)19-11-18(12-20(13-19)34-2)27-24-26-15-22(35-3)23(28-24)25-14-17-7-6-10-32-9-5-4-8-21(17)32/h11-13,15,17,21H,4-10,14H2,1-3H3,(H2,25,26,27,28)/t17-,21+/m0/s1. The van der Waals surface area contributed by atoms with Crippen molar-refractivity contribution in [3.05, 3.63) is 30.2 Å². The van der Waals surface area contributed by atoms with Crippen molar-refractivity contribution >= 4 is 17.5 Å². The molecular weight excluding hydrogens is 446 g/mol. The Morgan fingerprint density at radius 2 is 1.94 bits per heavy atom. The number of hydrogen-bond acceptors (Lipinski definition) is 10. The van der Waals surface area contributed by atoms with Gasteiger partial charge in [-0.15, -0.1) is 5.10 Å². The molecule has 0 saturated carbocycles. The Labute approximate surface area is 205 Å². The van der Waals surface area contributed by atoms with E-state index in [1.54, 1.807) is 25.1 Å². The van der Waals surface area contributed by atoms with Gasteiger partial charge in [0, 0.05) is 30.4 Å². The minimum absolute atomic E-state index is 0.462. The first-order valence-electron chi connectivity index (χ1n) is 12.2. The second-order valence-corrected chi connectivity index (χ2v) is 9.18. The molecule has 35 heavy (non-hydrogen) atoms. The number of anilines is 3. The lowest BCUT2D eigenvalue weighted by Gasteiger charge is -2.44. The number of rotatable bonds is 8. The van der Waals surface area contributed by atoms with Gasteiger partial charge in [-0.05, 0) is 68.1 Å². The molecule has 0 aliphatic carbocycles. The molecule has 11 nitrogen and oxygen atoms in total. The van der Waals surface area contributed by atoms with Crippen LogP contribution < -0.4 is 20.1 Å². The monoisotopic (exact) mass is 479 g/mol. The summed E-state index contributed by atoms with van der Waals surface area (Å²) in [7, 11) is 3.27. The number of aryl methyl sites for hydroxylation is 1. The predicted octanol–water partition coefficient (Wildman–Crippen LogP) is 3.20. The Balaban J connectivity index is 1.34. The van der Waals surface area contributed by atoms with Crippen molar-refractivity contribution in [1.82, 2.24) is 35.1 Å². The van der Waals surface area contributed by atoms with Gasteiger partial charge in [0.1, 0.15) is 5.75 Å². The first-order valence-corrected chi connectivity index (χ1v) is 12.2. The lowest BCUT2D eigenvalue weighted by Crippen LogP contribution is -2.49. The number of aromatic nitrogens is 6. The SMILES string of the molecule is COc1cc(Nc2ncc(OC)c(NC[C@@H]3CCCN4CCCC[C@H]34)n2)cc(-n2nnnc2C)c1. The first kappa shape index (κ1) is 23.3. The summed E-state index contributed by atoms with van der Waals surface area (Å²) in [4.78, 5) is 11.9. The fourth-order valence-corrected chi connectivity index (χ4v) is 5.25. The molecule has 0 unspecified atom stereocenters. The number of benzene rings is 1. The number of methoxy groups -OCH3 is 2. The van der Waals surface area contributed by atoms with E-state index >= 15 is 0 Å². The van der Waals surface area contributed by atoms with E-state index in [9.17, 15) is 0 Å². The summed E-state index contributed by atoms with van der Waals surface area (Å²) in [5.41, 5.74) is 1.53. The molecule has 3 aromatic rings. The predicted molar refractivity (Wildman–Crippen MR) is 133 cm³/mol. The number of nitrogens with one attached hydrogen (secondary N) is 2. The number of nitrogens with zero attached hydrogens (tertiary/aromatic N) is 7. The molecule has 2 aliphatic heterocycles. The summed E-state index contributed by atoms with van der Waals surface area (Å²) in [5.74, 6) is 3.74. The fourth-order valence-electron chi connectivity index (χ4n) is 5.25. The Morgan fingerprint density at radius 1 is 1.06 bits per heavy atom. The molecule has 2 saturated heterocycles. The number of tetrazole rings is 1. The van der Waals surface area contributed by atoms with Crippen molar-refractivity contribution in [3.63, 3.8) is 0 Å². The van der Waals surface area contributed by atoms with Crippen molar-refractivity contribution < 1.29 is 9.47 Å². The van der Waals surface area contributed by atoms with Gasteiger partial charge in [-0.1, -0.05) is 6.42 Å². The molecule has 5 rings (SSSR count). The fraction of sp³-hybridized carbons (Fsp3) is 0.542. The molecule has 0 spiro atoms. The minimum Gasteiger partial charge on any atom is -0.497 e. The minimum atomic E-state index is 0.462. The van der Waals surface area contributed by atoms with E-state index in [1.807, 2.05) is 25.1 Å². The van der Waals surface area contributed by atoms with Crippen LogP contribution in [0.4, 0.5) is 17.5 Å². The van der Waals surface area contributed by atoms with Gasteiger partial charge in [0.15, 0.2) is 17.4 Å². The van der Waals surface area contributed by atoms with Gasteiger partial charge in [0.2, 0.25) is 5.95 Å². The second-order valence-electron chi connectivity index (χ2n) is 9.18. The zero-order valence-electron chi connectivity index (χ0n) is 20.6. The van der Waals surface area contributed by atoms with Crippen LogP contribution in [-0.2, 0) is 0 Å². The van der Waals surface area contributed by atoms with Gasteiger partial charge in [-0.25, -0.2) is 4.98 Å². The number of fused-ring (bicyclic) bond motifs is 1. The van der Waals surface area contributed by atoms with Crippen LogP contribution in [0.25, 0.3) is 5.69 Å².